The number of methoxy groups -OCH3 is 3. The van der Waals surface area contributed by atoms with Gasteiger partial charge in [0.2, 0.25) is 5.91 Å². The first-order valence-electron chi connectivity index (χ1n) is 7.92. The quantitative estimate of drug-likeness (QED) is 0.782. The average molecular weight is 341 g/mol. The lowest BCUT2D eigenvalue weighted by Gasteiger charge is -2.13. The van der Waals surface area contributed by atoms with Gasteiger partial charge in [-0.2, -0.15) is 0 Å². The van der Waals surface area contributed by atoms with Crippen molar-refractivity contribution in [2.24, 2.45) is 0 Å². The second-order valence-corrected chi connectivity index (χ2v) is 5.42. The van der Waals surface area contributed by atoms with Crippen LogP contribution in [-0.4, -0.2) is 27.2 Å². The van der Waals surface area contributed by atoms with Crippen molar-refractivity contribution >= 4 is 12.0 Å². The molecule has 25 heavy (non-hydrogen) atoms. The van der Waals surface area contributed by atoms with Crippen LogP contribution in [0.3, 0.4) is 0 Å². The number of carbonyl (C=O) groups excluding carboxylic acids is 1. The van der Waals surface area contributed by atoms with Crippen LogP contribution in [0, 0.1) is 0 Å². The predicted molar refractivity (Wildman–Crippen MR) is 98.1 cm³/mol. The lowest BCUT2D eigenvalue weighted by Crippen LogP contribution is -2.24. The Bertz CT molecular complexity index is 741. The van der Waals surface area contributed by atoms with Crippen LogP contribution in [0.25, 0.3) is 6.08 Å². The molecular formula is C20H23NO4. The molecule has 2 aromatic carbocycles. The van der Waals surface area contributed by atoms with E-state index in [9.17, 15) is 4.79 Å². The molecule has 0 saturated carbocycles. The Morgan fingerprint density at radius 3 is 2.16 bits per heavy atom. The molecule has 0 fully saturated rings. The maximum Gasteiger partial charge on any atom is 0.244 e. The highest BCUT2D eigenvalue weighted by atomic mass is 16.5. The van der Waals surface area contributed by atoms with Crippen LogP contribution < -0.4 is 19.5 Å². The summed E-state index contributed by atoms with van der Waals surface area (Å²) in [7, 11) is 4.69. The molecule has 2 aromatic rings. The molecule has 1 amide bonds. The fourth-order valence-electron chi connectivity index (χ4n) is 2.44. The summed E-state index contributed by atoms with van der Waals surface area (Å²) >= 11 is 0. The zero-order valence-corrected chi connectivity index (χ0v) is 14.9. The van der Waals surface area contributed by atoms with Crippen molar-refractivity contribution < 1.29 is 19.0 Å². The second kappa shape index (κ2) is 8.78. The highest BCUT2D eigenvalue weighted by molar-refractivity contribution is 5.92. The average Bonchev–Trinajstić information content (AvgIpc) is 2.66. The summed E-state index contributed by atoms with van der Waals surface area (Å²) in [6.45, 7) is 1.94. The Morgan fingerprint density at radius 1 is 0.960 bits per heavy atom. The molecule has 2 rings (SSSR count). The number of nitrogens with one attached hydrogen (secondary N) is 1. The smallest absolute Gasteiger partial charge is 0.244 e. The highest BCUT2D eigenvalue weighted by Crippen LogP contribution is 2.35. The molecule has 0 saturated heterocycles. The third-order valence-electron chi connectivity index (χ3n) is 3.81. The van der Waals surface area contributed by atoms with Crippen molar-refractivity contribution in [3.8, 4) is 17.2 Å². The summed E-state index contributed by atoms with van der Waals surface area (Å²) < 4.78 is 15.9. The molecule has 0 spiro atoms. The van der Waals surface area contributed by atoms with Crippen molar-refractivity contribution in [3.05, 3.63) is 59.7 Å². The SMILES string of the molecule is COc1cc(OC)c(OC)cc1/C=C/C(=O)N[C@H](C)c1ccccc1. The molecule has 0 heterocycles. The number of rotatable bonds is 7. The summed E-state index contributed by atoms with van der Waals surface area (Å²) in [4.78, 5) is 12.2. The van der Waals surface area contributed by atoms with E-state index in [0.717, 1.165) is 11.1 Å². The van der Waals surface area contributed by atoms with E-state index >= 15 is 0 Å². The minimum absolute atomic E-state index is 0.0781. The lowest BCUT2D eigenvalue weighted by atomic mass is 10.1. The normalized spacial score (nSPS) is 11.8. The van der Waals surface area contributed by atoms with Gasteiger partial charge in [0.25, 0.3) is 0 Å². The Labute approximate surface area is 148 Å². The maximum absolute atomic E-state index is 12.2. The molecule has 0 bridgehead atoms. The molecular weight excluding hydrogens is 318 g/mol. The zero-order valence-electron chi connectivity index (χ0n) is 14.9. The minimum atomic E-state index is -0.187. The summed E-state index contributed by atoms with van der Waals surface area (Å²) in [6.07, 6.45) is 3.16. The van der Waals surface area contributed by atoms with Crippen LogP contribution in [0.4, 0.5) is 0 Å². The van der Waals surface area contributed by atoms with E-state index in [1.54, 1.807) is 39.5 Å². The Balaban J connectivity index is 2.13. The van der Waals surface area contributed by atoms with E-state index in [2.05, 4.69) is 5.32 Å². The van der Waals surface area contributed by atoms with Gasteiger partial charge in [-0.25, -0.2) is 0 Å². The highest BCUT2D eigenvalue weighted by Gasteiger charge is 2.11. The second-order valence-electron chi connectivity index (χ2n) is 5.42. The van der Waals surface area contributed by atoms with Gasteiger partial charge in [-0.3, -0.25) is 4.79 Å². The monoisotopic (exact) mass is 341 g/mol. The van der Waals surface area contributed by atoms with Gasteiger partial charge >= 0.3 is 0 Å². The predicted octanol–water partition coefficient (Wildman–Crippen LogP) is 3.60. The molecule has 0 aliphatic rings. The van der Waals surface area contributed by atoms with Crippen LogP contribution in [0.2, 0.25) is 0 Å². The van der Waals surface area contributed by atoms with Crippen LogP contribution in [0.15, 0.2) is 48.5 Å². The molecule has 132 valence electrons. The van der Waals surface area contributed by atoms with E-state index in [-0.39, 0.29) is 11.9 Å². The van der Waals surface area contributed by atoms with Gasteiger partial charge in [0.1, 0.15) is 5.75 Å². The van der Waals surface area contributed by atoms with Gasteiger partial charge in [-0.15, -0.1) is 0 Å². The molecule has 5 heteroatoms. The molecule has 0 radical (unpaired) electrons. The molecule has 1 atom stereocenters. The van der Waals surface area contributed by atoms with Crippen molar-refractivity contribution in [1.29, 1.82) is 0 Å². The number of hydrogen-bond donors (Lipinski definition) is 1. The standard InChI is InChI=1S/C20H23NO4/c1-14(15-8-6-5-7-9-15)21-20(22)11-10-16-12-18(24-3)19(25-4)13-17(16)23-2/h5-14H,1-4H3,(H,21,22)/b11-10+/t14-/m1/s1. The summed E-state index contributed by atoms with van der Waals surface area (Å²) in [5.74, 6) is 1.55. The third kappa shape index (κ3) is 4.76. The van der Waals surface area contributed by atoms with E-state index in [0.29, 0.717) is 17.2 Å². The number of ether oxygens (including phenoxy) is 3. The van der Waals surface area contributed by atoms with E-state index in [4.69, 9.17) is 14.2 Å². The van der Waals surface area contributed by atoms with Crippen LogP contribution in [0.1, 0.15) is 24.1 Å². The number of carbonyl (C=O) groups is 1. The van der Waals surface area contributed by atoms with Crippen LogP contribution >= 0.6 is 0 Å². The molecule has 5 nitrogen and oxygen atoms in total. The Hall–Kier alpha value is -2.95. The van der Waals surface area contributed by atoms with Crippen LogP contribution in [0.5, 0.6) is 17.2 Å². The lowest BCUT2D eigenvalue weighted by molar-refractivity contribution is -0.117. The van der Waals surface area contributed by atoms with Crippen molar-refractivity contribution in [2.45, 2.75) is 13.0 Å². The zero-order chi connectivity index (χ0) is 18.2. The molecule has 1 N–H and O–H groups in total. The van der Waals surface area contributed by atoms with E-state index < -0.39 is 0 Å². The maximum atomic E-state index is 12.2. The van der Waals surface area contributed by atoms with Gasteiger partial charge in [-0.05, 0) is 24.6 Å². The van der Waals surface area contributed by atoms with Gasteiger partial charge in [0.15, 0.2) is 11.5 Å². The fraction of sp³-hybridized carbons (Fsp3) is 0.250. The van der Waals surface area contributed by atoms with Crippen molar-refractivity contribution in [2.75, 3.05) is 21.3 Å². The van der Waals surface area contributed by atoms with E-state index in [1.165, 1.54) is 6.08 Å². The van der Waals surface area contributed by atoms with E-state index in [1.807, 2.05) is 37.3 Å². The molecule has 0 aromatic heterocycles. The first-order chi connectivity index (χ1) is 12.1. The van der Waals surface area contributed by atoms with Gasteiger partial charge in [-0.1, -0.05) is 30.3 Å². The summed E-state index contributed by atoms with van der Waals surface area (Å²) in [6, 6.07) is 13.2. The van der Waals surface area contributed by atoms with Gasteiger partial charge in [0, 0.05) is 17.7 Å². The number of hydrogen-bond acceptors (Lipinski definition) is 4. The third-order valence-corrected chi connectivity index (χ3v) is 3.81. The topological polar surface area (TPSA) is 56.8 Å². The van der Waals surface area contributed by atoms with Crippen LogP contribution in [-0.2, 0) is 4.79 Å². The first kappa shape index (κ1) is 18.4. The molecule has 0 aliphatic heterocycles. The van der Waals surface area contributed by atoms with Crippen molar-refractivity contribution in [3.63, 3.8) is 0 Å². The molecule has 0 unspecified atom stereocenters. The van der Waals surface area contributed by atoms with Crippen molar-refractivity contribution in [1.82, 2.24) is 5.32 Å². The Kier molecular flexibility index (Phi) is 6.46. The first-order valence-corrected chi connectivity index (χ1v) is 7.92. The summed E-state index contributed by atoms with van der Waals surface area (Å²) in [5.41, 5.74) is 1.77. The largest absolute Gasteiger partial charge is 0.496 e. The number of amides is 1. The minimum Gasteiger partial charge on any atom is -0.496 e. The summed E-state index contributed by atoms with van der Waals surface area (Å²) in [5, 5.41) is 2.93. The molecule has 0 aliphatic carbocycles. The Morgan fingerprint density at radius 2 is 1.56 bits per heavy atom. The number of benzene rings is 2. The fourth-order valence-corrected chi connectivity index (χ4v) is 2.44. The van der Waals surface area contributed by atoms with Gasteiger partial charge < -0.3 is 19.5 Å². The van der Waals surface area contributed by atoms with Gasteiger partial charge in [0.05, 0.1) is 27.4 Å².